The van der Waals surface area contributed by atoms with Gasteiger partial charge in [-0.25, -0.2) is 0 Å². The first kappa shape index (κ1) is 9.05. The van der Waals surface area contributed by atoms with Crippen LogP contribution in [0.1, 0.15) is 32.1 Å². The minimum Gasteiger partial charge on any atom is -0.343 e. The van der Waals surface area contributed by atoms with Gasteiger partial charge < -0.3 is 4.90 Å². The molecule has 0 aromatic rings. The Balaban J connectivity index is 2.07. The number of hydrogen-bond donors (Lipinski definition) is 0. The number of carbonyl (C=O) groups excluding carboxylic acids is 1. The Kier molecular flexibility index (Phi) is 3.59. The van der Waals surface area contributed by atoms with E-state index in [4.69, 9.17) is 5.26 Å². The van der Waals surface area contributed by atoms with Gasteiger partial charge in [0.15, 0.2) is 0 Å². The summed E-state index contributed by atoms with van der Waals surface area (Å²) >= 11 is 0. The molecule has 12 heavy (non-hydrogen) atoms. The number of amides is 1. The third-order valence-corrected chi connectivity index (χ3v) is 2.14. The molecule has 0 bridgehead atoms. The molecule has 0 aliphatic carbocycles. The molecule has 1 heterocycles. The second-order valence-corrected chi connectivity index (χ2v) is 3.10. The van der Waals surface area contributed by atoms with Gasteiger partial charge in [0.05, 0.1) is 6.07 Å². The van der Waals surface area contributed by atoms with Crippen LogP contribution < -0.4 is 0 Å². The molecule has 0 aromatic heterocycles. The zero-order valence-electron chi connectivity index (χ0n) is 7.25. The summed E-state index contributed by atoms with van der Waals surface area (Å²) in [5, 5.41) is 8.28. The maximum atomic E-state index is 11.1. The number of nitrogens with zero attached hydrogens (tertiary/aromatic N) is 2. The van der Waals surface area contributed by atoms with Crippen LogP contribution in [0.5, 0.6) is 0 Å². The van der Waals surface area contributed by atoms with E-state index in [0.29, 0.717) is 6.42 Å². The molecule has 3 nitrogen and oxygen atoms in total. The third kappa shape index (κ3) is 2.54. The van der Waals surface area contributed by atoms with Gasteiger partial charge in [-0.3, -0.25) is 4.79 Å². The molecule has 1 aliphatic rings. The lowest BCUT2D eigenvalue weighted by Gasteiger charge is -2.14. The van der Waals surface area contributed by atoms with Crippen molar-refractivity contribution in [2.24, 2.45) is 0 Å². The molecule has 0 spiro atoms. The highest BCUT2D eigenvalue weighted by molar-refractivity contribution is 5.77. The average Bonchev–Trinajstić information content (AvgIpc) is 2.46. The lowest BCUT2D eigenvalue weighted by molar-refractivity contribution is -0.127. The van der Waals surface area contributed by atoms with Crippen molar-refractivity contribution in [3.05, 3.63) is 0 Å². The summed E-state index contributed by atoms with van der Waals surface area (Å²) in [7, 11) is 0. The van der Waals surface area contributed by atoms with Crippen LogP contribution in [0.2, 0.25) is 0 Å². The normalized spacial score (nSPS) is 16.6. The van der Waals surface area contributed by atoms with Crippen LogP contribution in [-0.4, -0.2) is 23.9 Å². The predicted molar refractivity (Wildman–Crippen MR) is 45.3 cm³/mol. The fourth-order valence-electron chi connectivity index (χ4n) is 1.45. The maximum Gasteiger partial charge on any atom is 0.222 e. The van der Waals surface area contributed by atoms with E-state index in [9.17, 15) is 4.79 Å². The van der Waals surface area contributed by atoms with Crippen molar-refractivity contribution in [3.8, 4) is 6.07 Å². The van der Waals surface area contributed by atoms with Crippen molar-refractivity contribution in [1.29, 1.82) is 5.26 Å². The molecule has 0 saturated carbocycles. The quantitative estimate of drug-likeness (QED) is 0.591. The maximum absolute atomic E-state index is 11.1. The Morgan fingerprint density at radius 2 is 2.33 bits per heavy atom. The lowest BCUT2D eigenvalue weighted by Crippen LogP contribution is -2.25. The highest BCUT2D eigenvalue weighted by Gasteiger charge is 2.18. The number of likely N-dealkylation sites (tertiary alicyclic amines) is 1. The van der Waals surface area contributed by atoms with Crippen molar-refractivity contribution >= 4 is 5.91 Å². The predicted octanol–water partition coefficient (Wildman–Crippen LogP) is 1.30. The zero-order chi connectivity index (χ0) is 8.81. The smallest absolute Gasteiger partial charge is 0.222 e. The Bertz CT molecular complexity index is 195. The van der Waals surface area contributed by atoms with E-state index in [1.165, 1.54) is 0 Å². The Morgan fingerprint density at radius 3 is 2.92 bits per heavy atom. The Labute approximate surface area is 73.0 Å². The molecule has 0 aromatic carbocycles. The van der Waals surface area contributed by atoms with E-state index < -0.39 is 0 Å². The summed E-state index contributed by atoms with van der Waals surface area (Å²) in [4.78, 5) is 13.0. The average molecular weight is 166 g/mol. The van der Waals surface area contributed by atoms with Crippen LogP contribution in [0.3, 0.4) is 0 Å². The van der Waals surface area contributed by atoms with Crippen LogP contribution in [0.25, 0.3) is 0 Å². The summed E-state index contributed by atoms with van der Waals surface area (Å²) in [5.74, 6) is 0.284. The lowest BCUT2D eigenvalue weighted by atomic mass is 10.2. The summed E-state index contributed by atoms with van der Waals surface area (Å²) in [6.45, 7) is 1.77. The SMILES string of the molecule is N#CCCCCN1CCCC1=O. The second kappa shape index (κ2) is 4.76. The second-order valence-electron chi connectivity index (χ2n) is 3.10. The molecule has 1 amide bonds. The summed E-state index contributed by atoms with van der Waals surface area (Å²) in [5.41, 5.74) is 0. The van der Waals surface area contributed by atoms with Gasteiger partial charge in [-0.05, 0) is 19.3 Å². The van der Waals surface area contributed by atoms with Crippen LogP contribution >= 0.6 is 0 Å². The summed E-state index contributed by atoms with van der Waals surface area (Å²) in [6, 6.07) is 2.10. The molecule has 0 atom stereocenters. The Hall–Kier alpha value is -1.04. The standard InChI is InChI=1S/C9H14N2O/c10-6-2-1-3-7-11-8-4-5-9(11)12/h1-5,7-8H2. The van der Waals surface area contributed by atoms with Crippen LogP contribution in [0, 0.1) is 11.3 Å². The van der Waals surface area contributed by atoms with E-state index in [0.717, 1.165) is 38.8 Å². The molecule has 1 rings (SSSR count). The van der Waals surface area contributed by atoms with Gasteiger partial charge in [0.2, 0.25) is 5.91 Å². The summed E-state index contributed by atoms with van der Waals surface area (Å²) in [6.07, 6.45) is 4.23. The van der Waals surface area contributed by atoms with Crippen molar-refractivity contribution in [2.45, 2.75) is 32.1 Å². The number of carbonyl (C=O) groups is 1. The van der Waals surface area contributed by atoms with Crippen molar-refractivity contribution in [3.63, 3.8) is 0 Å². The fourth-order valence-corrected chi connectivity index (χ4v) is 1.45. The zero-order valence-corrected chi connectivity index (χ0v) is 7.25. The Morgan fingerprint density at radius 1 is 1.50 bits per heavy atom. The monoisotopic (exact) mass is 166 g/mol. The fraction of sp³-hybridized carbons (Fsp3) is 0.778. The highest BCUT2D eigenvalue weighted by Crippen LogP contribution is 2.10. The topological polar surface area (TPSA) is 44.1 Å². The molecule has 1 aliphatic heterocycles. The first-order chi connectivity index (χ1) is 5.84. The molecular weight excluding hydrogens is 152 g/mol. The van der Waals surface area contributed by atoms with E-state index in [2.05, 4.69) is 6.07 Å². The van der Waals surface area contributed by atoms with Crippen LogP contribution in [-0.2, 0) is 4.79 Å². The van der Waals surface area contributed by atoms with E-state index in [-0.39, 0.29) is 5.91 Å². The van der Waals surface area contributed by atoms with Gasteiger partial charge in [0.25, 0.3) is 0 Å². The molecule has 0 unspecified atom stereocenters. The largest absolute Gasteiger partial charge is 0.343 e. The number of rotatable bonds is 4. The molecule has 1 saturated heterocycles. The highest BCUT2D eigenvalue weighted by atomic mass is 16.2. The molecular formula is C9H14N2O. The van der Waals surface area contributed by atoms with Gasteiger partial charge in [0.1, 0.15) is 0 Å². The van der Waals surface area contributed by atoms with Gasteiger partial charge >= 0.3 is 0 Å². The van der Waals surface area contributed by atoms with Gasteiger partial charge in [-0.15, -0.1) is 0 Å². The number of hydrogen-bond acceptors (Lipinski definition) is 2. The minimum absolute atomic E-state index is 0.284. The molecule has 1 fully saturated rings. The molecule has 3 heteroatoms. The number of nitriles is 1. The van der Waals surface area contributed by atoms with E-state index in [1.54, 1.807) is 0 Å². The van der Waals surface area contributed by atoms with Crippen molar-refractivity contribution < 1.29 is 4.79 Å². The summed E-state index contributed by atoms with van der Waals surface area (Å²) < 4.78 is 0. The molecule has 0 N–H and O–H groups in total. The number of unbranched alkanes of at least 4 members (excludes halogenated alkanes) is 2. The molecule has 0 radical (unpaired) electrons. The van der Waals surface area contributed by atoms with Gasteiger partial charge in [0, 0.05) is 25.9 Å². The molecule has 66 valence electrons. The van der Waals surface area contributed by atoms with E-state index in [1.807, 2.05) is 4.90 Å². The van der Waals surface area contributed by atoms with E-state index >= 15 is 0 Å². The van der Waals surface area contributed by atoms with Crippen LogP contribution in [0.15, 0.2) is 0 Å². The first-order valence-corrected chi connectivity index (χ1v) is 4.49. The third-order valence-electron chi connectivity index (χ3n) is 2.14. The first-order valence-electron chi connectivity index (χ1n) is 4.49. The van der Waals surface area contributed by atoms with Gasteiger partial charge in [-0.1, -0.05) is 0 Å². The van der Waals surface area contributed by atoms with Crippen molar-refractivity contribution in [1.82, 2.24) is 4.90 Å². The van der Waals surface area contributed by atoms with Gasteiger partial charge in [-0.2, -0.15) is 5.26 Å². The van der Waals surface area contributed by atoms with Crippen molar-refractivity contribution in [2.75, 3.05) is 13.1 Å². The van der Waals surface area contributed by atoms with Crippen LogP contribution in [0.4, 0.5) is 0 Å². The minimum atomic E-state index is 0.284.